The third-order valence-electron chi connectivity index (χ3n) is 3.56. The first kappa shape index (κ1) is 17.8. The van der Waals surface area contributed by atoms with Crippen molar-refractivity contribution < 1.29 is 19.1 Å². The van der Waals surface area contributed by atoms with Crippen LogP contribution in [-0.2, 0) is 4.79 Å². The third-order valence-corrected chi connectivity index (χ3v) is 4.69. The molecule has 3 N–H and O–H groups in total. The average molecular weight is 348 g/mol. The largest absolute Gasteiger partial charge is 0.493 e. The molecule has 1 heterocycles. The standard InChI is InChI=1S/C17H20N2O4S/c1-9-5-6-12(13(7-9)22-4)23-8-14(20)19-17-15(16(18)21)10(2)11(3)24-17/h5-7H,8H2,1-4H3,(H2,18,21)(H,19,20). The van der Waals surface area contributed by atoms with Crippen LogP contribution in [0, 0.1) is 20.8 Å². The van der Waals surface area contributed by atoms with E-state index >= 15 is 0 Å². The van der Waals surface area contributed by atoms with Gasteiger partial charge in [-0.15, -0.1) is 11.3 Å². The smallest absolute Gasteiger partial charge is 0.262 e. The van der Waals surface area contributed by atoms with Gasteiger partial charge in [-0.1, -0.05) is 6.07 Å². The molecule has 1 aromatic heterocycles. The van der Waals surface area contributed by atoms with Gasteiger partial charge in [0.25, 0.3) is 11.8 Å². The molecule has 2 amide bonds. The predicted molar refractivity (Wildman–Crippen MR) is 94.2 cm³/mol. The zero-order valence-corrected chi connectivity index (χ0v) is 14.9. The van der Waals surface area contributed by atoms with Crippen molar-refractivity contribution in [1.29, 1.82) is 0 Å². The number of ether oxygens (including phenoxy) is 2. The van der Waals surface area contributed by atoms with Gasteiger partial charge in [-0.25, -0.2) is 0 Å². The zero-order valence-electron chi connectivity index (χ0n) is 14.1. The molecule has 0 spiro atoms. The van der Waals surface area contributed by atoms with E-state index in [0.29, 0.717) is 22.1 Å². The summed E-state index contributed by atoms with van der Waals surface area (Å²) < 4.78 is 10.7. The van der Waals surface area contributed by atoms with Crippen molar-refractivity contribution in [1.82, 2.24) is 0 Å². The Morgan fingerprint density at radius 1 is 1.21 bits per heavy atom. The number of methoxy groups -OCH3 is 1. The van der Waals surface area contributed by atoms with E-state index in [1.807, 2.05) is 26.0 Å². The number of aryl methyl sites for hydroxylation is 2. The van der Waals surface area contributed by atoms with Gasteiger partial charge in [-0.05, 0) is 44.0 Å². The molecule has 0 aliphatic rings. The van der Waals surface area contributed by atoms with Gasteiger partial charge in [0.15, 0.2) is 18.1 Å². The molecule has 0 aliphatic carbocycles. The highest BCUT2D eigenvalue weighted by Gasteiger charge is 2.19. The number of amides is 2. The molecule has 0 unspecified atom stereocenters. The summed E-state index contributed by atoms with van der Waals surface area (Å²) >= 11 is 1.32. The number of nitrogens with two attached hydrogens (primary N) is 1. The molecule has 0 saturated heterocycles. The lowest BCUT2D eigenvalue weighted by Crippen LogP contribution is -2.22. The van der Waals surface area contributed by atoms with Crippen molar-refractivity contribution in [3.63, 3.8) is 0 Å². The summed E-state index contributed by atoms with van der Waals surface area (Å²) in [4.78, 5) is 24.6. The first-order valence-electron chi connectivity index (χ1n) is 7.30. The average Bonchev–Trinajstić information content (AvgIpc) is 2.80. The number of anilines is 1. The molecule has 0 radical (unpaired) electrons. The molecular formula is C17H20N2O4S. The zero-order chi connectivity index (χ0) is 17.9. The van der Waals surface area contributed by atoms with Crippen molar-refractivity contribution in [2.24, 2.45) is 5.73 Å². The Hall–Kier alpha value is -2.54. The van der Waals surface area contributed by atoms with Crippen LogP contribution in [0.4, 0.5) is 5.00 Å². The van der Waals surface area contributed by atoms with Gasteiger partial charge in [-0.2, -0.15) is 0 Å². The topological polar surface area (TPSA) is 90.7 Å². The normalized spacial score (nSPS) is 10.3. The first-order valence-corrected chi connectivity index (χ1v) is 8.12. The molecule has 7 heteroatoms. The van der Waals surface area contributed by atoms with E-state index in [1.165, 1.54) is 18.4 Å². The quantitative estimate of drug-likeness (QED) is 0.840. The molecule has 0 fully saturated rings. The second-order valence-electron chi connectivity index (χ2n) is 5.34. The lowest BCUT2D eigenvalue weighted by atomic mass is 10.1. The lowest BCUT2D eigenvalue weighted by Gasteiger charge is -2.11. The molecule has 2 rings (SSSR count). The number of thiophene rings is 1. The summed E-state index contributed by atoms with van der Waals surface area (Å²) in [6.07, 6.45) is 0. The Morgan fingerprint density at radius 3 is 2.54 bits per heavy atom. The van der Waals surface area contributed by atoms with Gasteiger partial charge in [0.1, 0.15) is 5.00 Å². The molecule has 128 valence electrons. The number of hydrogen-bond acceptors (Lipinski definition) is 5. The van der Waals surface area contributed by atoms with Gasteiger partial charge in [0, 0.05) is 4.88 Å². The van der Waals surface area contributed by atoms with Crippen LogP contribution in [0.3, 0.4) is 0 Å². The Labute approximate surface area is 144 Å². The number of carbonyl (C=O) groups is 2. The second-order valence-corrected chi connectivity index (χ2v) is 6.57. The molecule has 0 bridgehead atoms. The van der Waals surface area contributed by atoms with Crippen LogP contribution in [0.2, 0.25) is 0 Å². The fourth-order valence-electron chi connectivity index (χ4n) is 2.21. The monoisotopic (exact) mass is 348 g/mol. The number of benzene rings is 1. The SMILES string of the molecule is COc1cc(C)ccc1OCC(=O)Nc1sc(C)c(C)c1C(N)=O. The first-order chi connectivity index (χ1) is 11.3. The van der Waals surface area contributed by atoms with E-state index in [1.54, 1.807) is 13.0 Å². The Morgan fingerprint density at radius 2 is 1.92 bits per heavy atom. The summed E-state index contributed by atoms with van der Waals surface area (Å²) in [6, 6.07) is 5.44. The van der Waals surface area contributed by atoms with E-state index in [4.69, 9.17) is 15.2 Å². The van der Waals surface area contributed by atoms with Crippen LogP contribution in [0.15, 0.2) is 18.2 Å². The molecule has 0 atom stereocenters. The van der Waals surface area contributed by atoms with Crippen molar-refractivity contribution >= 4 is 28.2 Å². The fourth-order valence-corrected chi connectivity index (χ4v) is 3.29. The van der Waals surface area contributed by atoms with Crippen LogP contribution in [0.5, 0.6) is 11.5 Å². The Kier molecular flexibility index (Phi) is 5.46. The minimum absolute atomic E-state index is 0.201. The van der Waals surface area contributed by atoms with Crippen molar-refractivity contribution in [3.05, 3.63) is 39.8 Å². The lowest BCUT2D eigenvalue weighted by molar-refractivity contribution is -0.118. The molecule has 0 saturated carbocycles. The Balaban J connectivity index is 2.07. The van der Waals surface area contributed by atoms with Gasteiger partial charge >= 0.3 is 0 Å². The van der Waals surface area contributed by atoms with Gasteiger partial charge < -0.3 is 20.5 Å². The van der Waals surface area contributed by atoms with Crippen LogP contribution in [0.25, 0.3) is 0 Å². The number of primary amides is 1. The van der Waals surface area contributed by atoms with Crippen molar-refractivity contribution in [3.8, 4) is 11.5 Å². The fraction of sp³-hybridized carbons (Fsp3) is 0.294. The molecule has 0 aliphatic heterocycles. The summed E-state index contributed by atoms with van der Waals surface area (Å²) in [5, 5.41) is 3.13. The van der Waals surface area contributed by atoms with Crippen LogP contribution < -0.4 is 20.5 Å². The number of hydrogen-bond donors (Lipinski definition) is 2. The van der Waals surface area contributed by atoms with Gasteiger partial charge in [0.05, 0.1) is 12.7 Å². The summed E-state index contributed by atoms with van der Waals surface area (Å²) in [6.45, 7) is 5.41. The van der Waals surface area contributed by atoms with E-state index in [0.717, 1.165) is 16.0 Å². The summed E-state index contributed by atoms with van der Waals surface area (Å²) in [7, 11) is 1.54. The van der Waals surface area contributed by atoms with E-state index < -0.39 is 5.91 Å². The maximum atomic E-state index is 12.1. The maximum absolute atomic E-state index is 12.1. The Bertz CT molecular complexity index is 783. The predicted octanol–water partition coefficient (Wildman–Crippen LogP) is 2.80. The number of carbonyl (C=O) groups excluding carboxylic acids is 2. The highest BCUT2D eigenvalue weighted by atomic mass is 32.1. The molecule has 24 heavy (non-hydrogen) atoms. The molecular weight excluding hydrogens is 328 g/mol. The summed E-state index contributed by atoms with van der Waals surface area (Å²) in [5.74, 6) is 0.102. The van der Waals surface area contributed by atoms with Crippen LogP contribution in [0.1, 0.15) is 26.4 Å². The summed E-state index contributed by atoms with van der Waals surface area (Å²) in [5.41, 5.74) is 7.54. The number of rotatable bonds is 6. The van der Waals surface area contributed by atoms with Gasteiger partial charge in [-0.3, -0.25) is 9.59 Å². The third kappa shape index (κ3) is 3.86. The highest BCUT2D eigenvalue weighted by molar-refractivity contribution is 7.16. The number of nitrogens with one attached hydrogen (secondary N) is 1. The highest BCUT2D eigenvalue weighted by Crippen LogP contribution is 2.32. The van der Waals surface area contributed by atoms with Crippen LogP contribution >= 0.6 is 11.3 Å². The maximum Gasteiger partial charge on any atom is 0.262 e. The minimum atomic E-state index is -0.562. The minimum Gasteiger partial charge on any atom is -0.493 e. The van der Waals surface area contributed by atoms with Crippen molar-refractivity contribution in [2.45, 2.75) is 20.8 Å². The van der Waals surface area contributed by atoms with Crippen LogP contribution in [-0.4, -0.2) is 25.5 Å². The van der Waals surface area contributed by atoms with E-state index in [2.05, 4.69) is 5.32 Å². The van der Waals surface area contributed by atoms with E-state index in [9.17, 15) is 9.59 Å². The van der Waals surface area contributed by atoms with Crippen molar-refractivity contribution in [2.75, 3.05) is 19.0 Å². The molecule has 1 aromatic carbocycles. The second kappa shape index (κ2) is 7.35. The molecule has 6 nitrogen and oxygen atoms in total. The van der Waals surface area contributed by atoms with Gasteiger partial charge in [0.2, 0.25) is 0 Å². The van der Waals surface area contributed by atoms with E-state index in [-0.39, 0.29) is 12.5 Å². The molecule has 2 aromatic rings.